The summed E-state index contributed by atoms with van der Waals surface area (Å²) in [6.07, 6.45) is 2.03. The van der Waals surface area contributed by atoms with E-state index in [1.54, 1.807) is 7.11 Å². The summed E-state index contributed by atoms with van der Waals surface area (Å²) in [5.41, 5.74) is 3.72. The highest BCUT2D eigenvalue weighted by Crippen LogP contribution is 2.30. The Morgan fingerprint density at radius 1 is 1.19 bits per heavy atom. The van der Waals surface area contributed by atoms with Crippen molar-refractivity contribution in [3.63, 3.8) is 0 Å². The van der Waals surface area contributed by atoms with Gasteiger partial charge in [0, 0.05) is 12.1 Å². The van der Waals surface area contributed by atoms with Crippen LogP contribution in [0.5, 0.6) is 11.5 Å². The molecular weight excluding hydrogens is 262 g/mol. The summed E-state index contributed by atoms with van der Waals surface area (Å²) in [6, 6.07) is 14.9. The predicted molar refractivity (Wildman–Crippen MR) is 85.3 cm³/mol. The molecular formula is C18H21NO2. The van der Waals surface area contributed by atoms with Gasteiger partial charge in [-0.2, -0.15) is 0 Å². The van der Waals surface area contributed by atoms with Crippen LogP contribution in [0.4, 0.5) is 5.69 Å². The Morgan fingerprint density at radius 2 is 2.00 bits per heavy atom. The summed E-state index contributed by atoms with van der Waals surface area (Å²) in [6.45, 7) is 2.99. The summed E-state index contributed by atoms with van der Waals surface area (Å²) >= 11 is 0. The highest BCUT2D eigenvalue weighted by atomic mass is 16.5. The molecule has 0 aromatic heterocycles. The van der Waals surface area contributed by atoms with Gasteiger partial charge in [0.2, 0.25) is 0 Å². The standard InChI is InChI=1S/C18H21NO2/c1-3-17(13-4-7-16(20-2)8-5-13)19-15-6-9-18-14(12-15)10-11-21-18/h4-9,12,17,19H,3,10-11H2,1-2H3. The van der Waals surface area contributed by atoms with E-state index >= 15 is 0 Å². The molecule has 0 saturated carbocycles. The molecule has 3 rings (SSSR count). The topological polar surface area (TPSA) is 30.5 Å². The first kappa shape index (κ1) is 13.8. The van der Waals surface area contributed by atoms with E-state index in [-0.39, 0.29) is 0 Å². The third-order valence-corrected chi connectivity index (χ3v) is 3.96. The van der Waals surface area contributed by atoms with E-state index in [9.17, 15) is 0 Å². The van der Waals surface area contributed by atoms with Gasteiger partial charge in [-0.25, -0.2) is 0 Å². The summed E-state index contributed by atoms with van der Waals surface area (Å²) in [5, 5.41) is 3.62. The van der Waals surface area contributed by atoms with Crippen LogP contribution in [0.3, 0.4) is 0 Å². The molecule has 1 atom stereocenters. The van der Waals surface area contributed by atoms with Crippen molar-refractivity contribution < 1.29 is 9.47 Å². The van der Waals surface area contributed by atoms with E-state index in [4.69, 9.17) is 9.47 Å². The van der Waals surface area contributed by atoms with Gasteiger partial charge in [-0.1, -0.05) is 19.1 Å². The molecule has 21 heavy (non-hydrogen) atoms. The van der Waals surface area contributed by atoms with Crippen molar-refractivity contribution in [1.29, 1.82) is 0 Å². The van der Waals surface area contributed by atoms with Crippen molar-refractivity contribution in [2.45, 2.75) is 25.8 Å². The van der Waals surface area contributed by atoms with Crippen LogP contribution in [-0.2, 0) is 6.42 Å². The molecule has 1 N–H and O–H groups in total. The van der Waals surface area contributed by atoms with E-state index < -0.39 is 0 Å². The van der Waals surface area contributed by atoms with Crippen molar-refractivity contribution in [3.8, 4) is 11.5 Å². The zero-order valence-electron chi connectivity index (χ0n) is 12.6. The molecule has 0 amide bonds. The van der Waals surface area contributed by atoms with Crippen molar-refractivity contribution in [3.05, 3.63) is 53.6 Å². The van der Waals surface area contributed by atoms with Crippen molar-refractivity contribution in [2.24, 2.45) is 0 Å². The van der Waals surface area contributed by atoms with Crippen molar-refractivity contribution in [2.75, 3.05) is 19.0 Å². The van der Waals surface area contributed by atoms with Crippen molar-refractivity contribution >= 4 is 5.69 Å². The number of methoxy groups -OCH3 is 1. The molecule has 2 aromatic rings. The van der Waals surface area contributed by atoms with Gasteiger partial charge in [0.1, 0.15) is 11.5 Å². The smallest absolute Gasteiger partial charge is 0.122 e. The van der Waals surface area contributed by atoms with Crippen LogP contribution in [0.25, 0.3) is 0 Å². The molecule has 1 unspecified atom stereocenters. The lowest BCUT2D eigenvalue weighted by Crippen LogP contribution is -2.09. The molecule has 1 aliphatic rings. The zero-order chi connectivity index (χ0) is 14.7. The minimum Gasteiger partial charge on any atom is -0.497 e. The fraction of sp³-hybridized carbons (Fsp3) is 0.333. The van der Waals surface area contributed by atoms with E-state index in [0.29, 0.717) is 6.04 Å². The van der Waals surface area contributed by atoms with Crippen LogP contribution < -0.4 is 14.8 Å². The minimum absolute atomic E-state index is 0.302. The molecule has 0 aliphatic carbocycles. The molecule has 2 aromatic carbocycles. The second-order valence-electron chi connectivity index (χ2n) is 5.30. The zero-order valence-corrected chi connectivity index (χ0v) is 12.6. The Bertz CT molecular complexity index is 607. The molecule has 0 radical (unpaired) electrons. The first-order valence-electron chi connectivity index (χ1n) is 7.46. The Balaban J connectivity index is 1.77. The summed E-state index contributed by atoms with van der Waals surface area (Å²) in [7, 11) is 1.69. The van der Waals surface area contributed by atoms with Gasteiger partial charge in [-0.05, 0) is 47.9 Å². The molecule has 110 valence electrons. The molecule has 3 nitrogen and oxygen atoms in total. The average Bonchev–Trinajstić information content (AvgIpc) is 3.00. The number of rotatable bonds is 5. The van der Waals surface area contributed by atoms with Crippen LogP contribution in [0.1, 0.15) is 30.5 Å². The Kier molecular flexibility index (Phi) is 4.00. The lowest BCUT2D eigenvalue weighted by Gasteiger charge is -2.19. The molecule has 1 aliphatic heterocycles. The summed E-state index contributed by atoms with van der Waals surface area (Å²) < 4.78 is 10.8. The summed E-state index contributed by atoms with van der Waals surface area (Å²) in [4.78, 5) is 0. The molecule has 0 fully saturated rings. The number of hydrogen-bond acceptors (Lipinski definition) is 3. The van der Waals surface area contributed by atoms with Crippen LogP contribution in [0.2, 0.25) is 0 Å². The van der Waals surface area contributed by atoms with E-state index in [1.807, 2.05) is 12.1 Å². The molecule has 3 heteroatoms. The van der Waals surface area contributed by atoms with Gasteiger partial charge < -0.3 is 14.8 Å². The quantitative estimate of drug-likeness (QED) is 0.892. The molecule has 0 bridgehead atoms. The third-order valence-electron chi connectivity index (χ3n) is 3.96. The van der Waals surface area contributed by atoms with Gasteiger partial charge in [0.15, 0.2) is 0 Å². The third kappa shape index (κ3) is 2.97. The lowest BCUT2D eigenvalue weighted by molar-refractivity contribution is 0.357. The second kappa shape index (κ2) is 6.08. The van der Waals surface area contributed by atoms with Gasteiger partial charge in [0.05, 0.1) is 19.8 Å². The fourth-order valence-corrected chi connectivity index (χ4v) is 2.73. The number of anilines is 1. The summed E-state index contributed by atoms with van der Waals surface area (Å²) in [5.74, 6) is 1.92. The first-order valence-corrected chi connectivity index (χ1v) is 7.46. The van der Waals surface area contributed by atoms with Gasteiger partial charge in [0.25, 0.3) is 0 Å². The van der Waals surface area contributed by atoms with E-state index in [2.05, 4.69) is 42.6 Å². The average molecular weight is 283 g/mol. The largest absolute Gasteiger partial charge is 0.497 e. The maximum Gasteiger partial charge on any atom is 0.122 e. The predicted octanol–water partition coefficient (Wildman–Crippen LogP) is 4.19. The van der Waals surface area contributed by atoms with Crippen LogP contribution in [0.15, 0.2) is 42.5 Å². The van der Waals surface area contributed by atoms with Gasteiger partial charge >= 0.3 is 0 Å². The monoisotopic (exact) mass is 283 g/mol. The molecule has 0 saturated heterocycles. The van der Waals surface area contributed by atoms with Gasteiger partial charge in [-0.15, -0.1) is 0 Å². The van der Waals surface area contributed by atoms with Crippen LogP contribution >= 0.6 is 0 Å². The minimum atomic E-state index is 0.302. The van der Waals surface area contributed by atoms with Crippen LogP contribution in [-0.4, -0.2) is 13.7 Å². The number of ether oxygens (including phenoxy) is 2. The normalized spacial score (nSPS) is 14.2. The first-order chi connectivity index (χ1) is 10.3. The number of nitrogens with one attached hydrogen (secondary N) is 1. The number of fused-ring (bicyclic) bond motifs is 1. The van der Waals surface area contributed by atoms with E-state index in [0.717, 1.165) is 36.6 Å². The molecule has 0 spiro atoms. The Morgan fingerprint density at radius 3 is 2.71 bits per heavy atom. The SMILES string of the molecule is CCC(Nc1ccc2c(c1)CCO2)c1ccc(OC)cc1. The Hall–Kier alpha value is -2.16. The molecule has 1 heterocycles. The van der Waals surface area contributed by atoms with Crippen LogP contribution in [0, 0.1) is 0 Å². The van der Waals surface area contributed by atoms with E-state index in [1.165, 1.54) is 11.1 Å². The maximum absolute atomic E-state index is 5.55. The fourth-order valence-electron chi connectivity index (χ4n) is 2.73. The number of hydrogen-bond donors (Lipinski definition) is 1. The highest BCUT2D eigenvalue weighted by molar-refractivity contribution is 5.53. The maximum atomic E-state index is 5.55. The van der Waals surface area contributed by atoms with Crippen molar-refractivity contribution in [1.82, 2.24) is 0 Å². The second-order valence-corrected chi connectivity index (χ2v) is 5.30. The lowest BCUT2D eigenvalue weighted by atomic mass is 10.0. The number of benzene rings is 2. The highest BCUT2D eigenvalue weighted by Gasteiger charge is 2.14. The Labute approximate surface area is 125 Å². The van der Waals surface area contributed by atoms with Gasteiger partial charge in [-0.3, -0.25) is 0 Å².